The van der Waals surface area contributed by atoms with Crippen molar-refractivity contribution in [3.05, 3.63) is 47.8 Å². The zero-order valence-corrected chi connectivity index (χ0v) is 15.0. The Morgan fingerprint density at radius 1 is 1.33 bits per heavy atom. The van der Waals surface area contributed by atoms with Crippen molar-refractivity contribution >= 4 is 5.96 Å². The molecule has 24 heavy (non-hydrogen) atoms. The van der Waals surface area contributed by atoms with E-state index >= 15 is 0 Å². The molecule has 2 N–H and O–H groups in total. The summed E-state index contributed by atoms with van der Waals surface area (Å²) in [6.45, 7) is 8.76. The number of rotatable bonds is 5. The molecule has 5 nitrogen and oxygen atoms in total. The van der Waals surface area contributed by atoms with Gasteiger partial charge in [0.05, 0.1) is 5.69 Å². The summed E-state index contributed by atoms with van der Waals surface area (Å²) in [6.07, 6.45) is 3.42. The molecule has 0 bridgehead atoms. The van der Waals surface area contributed by atoms with Gasteiger partial charge < -0.3 is 15.2 Å². The number of aromatic nitrogens is 2. The summed E-state index contributed by atoms with van der Waals surface area (Å²) in [5.41, 5.74) is 1.36. The molecule has 0 aliphatic heterocycles. The summed E-state index contributed by atoms with van der Waals surface area (Å²) in [4.78, 5) is 8.33. The predicted octanol–water partition coefficient (Wildman–Crippen LogP) is 3.03. The second-order valence-corrected chi connectivity index (χ2v) is 6.23. The Bertz CT molecular complexity index is 705. The Kier molecular flexibility index (Phi) is 5.95. The molecule has 130 valence electrons. The standard InChI is InChI=1S/C18H26FN5/c1-12(2)13(3)23-18(20-5)22-11-15-6-7-17(16(19)10-15)24-9-8-21-14(24)4/h6-10,12-13H,11H2,1-5H3,(H2,20,22,23). The molecule has 0 fully saturated rings. The van der Waals surface area contributed by atoms with Gasteiger partial charge in [-0.1, -0.05) is 19.9 Å². The molecule has 1 aromatic heterocycles. The number of hydrogen-bond donors (Lipinski definition) is 2. The Balaban J connectivity index is 2.03. The average molecular weight is 331 g/mol. The molecule has 2 rings (SSSR count). The molecule has 0 radical (unpaired) electrons. The van der Waals surface area contributed by atoms with Gasteiger partial charge in [0.15, 0.2) is 5.96 Å². The number of guanidine groups is 1. The van der Waals surface area contributed by atoms with Crippen LogP contribution in [0.3, 0.4) is 0 Å². The van der Waals surface area contributed by atoms with Crippen molar-refractivity contribution in [2.75, 3.05) is 7.05 Å². The summed E-state index contributed by atoms with van der Waals surface area (Å²) in [6, 6.07) is 5.53. The van der Waals surface area contributed by atoms with E-state index < -0.39 is 0 Å². The first-order valence-corrected chi connectivity index (χ1v) is 8.18. The van der Waals surface area contributed by atoms with E-state index in [0.717, 1.165) is 11.4 Å². The van der Waals surface area contributed by atoms with Gasteiger partial charge in [-0.3, -0.25) is 4.99 Å². The quantitative estimate of drug-likeness (QED) is 0.654. The highest BCUT2D eigenvalue weighted by molar-refractivity contribution is 5.79. The van der Waals surface area contributed by atoms with E-state index in [4.69, 9.17) is 0 Å². The van der Waals surface area contributed by atoms with E-state index in [2.05, 4.69) is 41.4 Å². The molecule has 1 atom stereocenters. The lowest BCUT2D eigenvalue weighted by Crippen LogP contribution is -2.43. The summed E-state index contributed by atoms with van der Waals surface area (Å²) in [5.74, 6) is 1.70. The second kappa shape index (κ2) is 7.95. The molecule has 0 aliphatic rings. The van der Waals surface area contributed by atoms with Gasteiger partial charge in [0, 0.05) is 32.0 Å². The zero-order valence-electron chi connectivity index (χ0n) is 15.0. The fraction of sp³-hybridized carbons (Fsp3) is 0.444. The van der Waals surface area contributed by atoms with Gasteiger partial charge in [-0.15, -0.1) is 0 Å². The SMILES string of the molecule is CN=C(NCc1ccc(-n2ccnc2C)c(F)c1)NC(C)C(C)C. The smallest absolute Gasteiger partial charge is 0.191 e. The molecule has 1 heterocycles. The number of nitrogens with zero attached hydrogens (tertiary/aromatic N) is 3. The van der Waals surface area contributed by atoms with Crippen LogP contribution in [0.1, 0.15) is 32.2 Å². The molecule has 0 saturated heterocycles. The topological polar surface area (TPSA) is 54.2 Å². The van der Waals surface area contributed by atoms with Crippen molar-refractivity contribution in [1.82, 2.24) is 20.2 Å². The van der Waals surface area contributed by atoms with Crippen LogP contribution in [0.2, 0.25) is 0 Å². The first kappa shape index (κ1) is 18.0. The van der Waals surface area contributed by atoms with Crippen LogP contribution in [-0.2, 0) is 6.54 Å². The van der Waals surface area contributed by atoms with E-state index in [0.29, 0.717) is 30.2 Å². The first-order valence-electron chi connectivity index (χ1n) is 8.18. The van der Waals surface area contributed by atoms with Crippen LogP contribution < -0.4 is 10.6 Å². The third-order valence-corrected chi connectivity index (χ3v) is 4.15. The molecule has 2 aromatic rings. The van der Waals surface area contributed by atoms with Crippen molar-refractivity contribution in [1.29, 1.82) is 0 Å². The first-order chi connectivity index (χ1) is 11.4. The third-order valence-electron chi connectivity index (χ3n) is 4.15. The molecule has 1 aromatic carbocycles. The summed E-state index contributed by atoms with van der Waals surface area (Å²) in [5, 5.41) is 6.54. The molecule has 0 aliphatic carbocycles. The second-order valence-electron chi connectivity index (χ2n) is 6.23. The van der Waals surface area contributed by atoms with Crippen LogP contribution in [-0.4, -0.2) is 28.6 Å². The lowest BCUT2D eigenvalue weighted by Gasteiger charge is -2.20. The summed E-state index contributed by atoms with van der Waals surface area (Å²) in [7, 11) is 1.73. The summed E-state index contributed by atoms with van der Waals surface area (Å²) >= 11 is 0. The monoisotopic (exact) mass is 331 g/mol. The van der Waals surface area contributed by atoms with Gasteiger partial charge in [0.25, 0.3) is 0 Å². The number of aryl methyl sites for hydroxylation is 1. The van der Waals surface area contributed by atoms with E-state index in [1.165, 1.54) is 0 Å². The zero-order chi connectivity index (χ0) is 17.7. The molecule has 0 amide bonds. The number of hydrogen-bond acceptors (Lipinski definition) is 2. The lowest BCUT2D eigenvalue weighted by atomic mass is 10.1. The number of aliphatic imine (C=N–C) groups is 1. The van der Waals surface area contributed by atoms with E-state index in [1.54, 1.807) is 36.1 Å². The van der Waals surface area contributed by atoms with Crippen molar-refractivity contribution < 1.29 is 4.39 Å². The van der Waals surface area contributed by atoms with Crippen molar-refractivity contribution in [3.8, 4) is 5.69 Å². The third kappa shape index (κ3) is 4.34. The van der Waals surface area contributed by atoms with Gasteiger partial charge in [-0.25, -0.2) is 9.37 Å². The van der Waals surface area contributed by atoms with Crippen LogP contribution in [0, 0.1) is 18.7 Å². The van der Waals surface area contributed by atoms with Gasteiger partial charge in [0.1, 0.15) is 11.6 Å². The molecule has 6 heteroatoms. The maximum atomic E-state index is 14.4. The molecular formula is C18H26FN5. The fourth-order valence-electron chi connectivity index (χ4n) is 2.25. The van der Waals surface area contributed by atoms with Gasteiger partial charge in [0.2, 0.25) is 0 Å². The fourth-order valence-corrected chi connectivity index (χ4v) is 2.25. The number of halogens is 1. The van der Waals surface area contributed by atoms with E-state index in [-0.39, 0.29) is 5.82 Å². The maximum Gasteiger partial charge on any atom is 0.191 e. The van der Waals surface area contributed by atoms with Crippen LogP contribution >= 0.6 is 0 Å². The molecular weight excluding hydrogens is 305 g/mol. The highest BCUT2D eigenvalue weighted by atomic mass is 19.1. The average Bonchev–Trinajstić information content (AvgIpc) is 2.97. The minimum atomic E-state index is -0.270. The van der Waals surface area contributed by atoms with Crippen LogP contribution in [0.15, 0.2) is 35.6 Å². The van der Waals surface area contributed by atoms with Gasteiger partial charge in [-0.2, -0.15) is 0 Å². The highest BCUT2D eigenvalue weighted by Crippen LogP contribution is 2.16. The Morgan fingerprint density at radius 3 is 2.62 bits per heavy atom. The molecule has 0 spiro atoms. The summed E-state index contributed by atoms with van der Waals surface area (Å²) < 4.78 is 16.1. The number of benzene rings is 1. The molecule has 0 saturated carbocycles. The van der Waals surface area contributed by atoms with Crippen LogP contribution in [0.4, 0.5) is 4.39 Å². The van der Waals surface area contributed by atoms with Gasteiger partial charge >= 0.3 is 0 Å². The van der Waals surface area contributed by atoms with Crippen LogP contribution in [0.5, 0.6) is 0 Å². The van der Waals surface area contributed by atoms with Gasteiger partial charge in [-0.05, 0) is 37.5 Å². The minimum absolute atomic E-state index is 0.270. The molecule has 1 unspecified atom stereocenters. The highest BCUT2D eigenvalue weighted by Gasteiger charge is 2.10. The maximum absolute atomic E-state index is 14.4. The number of nitrogens with one attached hydrogen (secondary N) is 2. The Morgan fingerprint density at radius 2 is 2.08 bits per heavy atom. The Labute approximate surface area is 143 Å². The largest absolute Gasteiger partial charge is 0.354 e. The number of imidazole rings is 1. The van der Waals surface area contributed by atoms with Crippen molar-refractivity contribution in [3.63, 3.8) is 0 Å². The van der Waals surface area contributed by atoms with Crippen LogP contribution in [0.25, 0.3) is 5.69 Å². The van der Waals surface area contributed by atoms with E-state index in [1.807, 2.05) is 13.0 Å². The lowest BCUT2D eigenvalue weighted by molar-refractivity contribution is 0.481. The minimum Gasteiger partial charge on any atom is -0.354 e. The predicted molar refractivity (Wildman–Crippen MR) is 95.9 cm³/mol. The van der Waals surface area contributed by atoms with Crippen molar-refractivity contribution in [2.45, 2.75) is 40.3 Å². The van der Waals surface area contributed by atoms with E-state index in [9.17, 15) is 4.39 Å². The van der Waals surface area contributed by atoms with Crippen molar-refractivity contribution in [2.24, 2.45) is 10.9 Å². The Hall–Kier alpha value is -2.37. The normalized spacial score (nSPS) is 13.2.